The van der Waals surface area contributed by atoms with Gasteiger partial charge in [-0.15, -0.1) is 0 Å². The third-order valence-electron chi connectivity index (χ3n) is 6.39. The van der Waals surface area contributed by atoms with E-state index in [2.05, 4.69) is 20.0 Å². The average Bonchev–Trinajstić information content (AvgIpc) is 2.84. The summed E-state index contributed by atoms with van der Waals surface area (Å²) in [5, 5.41) is 2.98. The summed E-state index contributed by atoms with van der Waals surface area (Å²) >= 11 is 0. The summed E-state index contributed by atoms with van der Waals surface area (Å²) < 4.78 is 41.6. The number of benzene rings is 1. The number of carbonyl (C=O) groups is 1. The highest BCUT2D eigenvalue weighted by molar-refractivity contribution is 7.89. The van der Waals surface area contributed by atoms with Crippen LogP contribution in [0.5, 0.6) is 0 Å². The lowest BCUT2D eigenvalue weighted by molar-refractivity contribution is -0.126. The maximum Gasteiger partial charge on any atom is 0.242 e. The van der Waals surface area contributed by atoms with Crippen LogP contribution in [0.2, 0.25) is 0 Å². The second-order valence-corrected chi connectivity index (χ2v) is 10.7. The second-order valence-electron chi connectivity index (χ2n) is 9.02. The number of hydrogen-bond acceptors (Lipinski definition) is 5. The molecule has 7 nitrogen and oxygen atoms in total. The lowest BCUT2D eigenvalue weighted by atomic mass is 9.85. The Balaban J connectivity index is 1.30. The van der Waals surface area contributed by atoms with Gasteiger partial charge in [0.1, 0.15) is 10.7 Å². The molecule has 0 radical (unpaired) electrons. The fourth-order valence-electron chi connectivity index (χ4n) is 4.34. The summed E-state index contributed by atoms with van der Waals surface area (Å²) in [6.45, 7) is 3.75. The van der Waals surface area contributed by atoms with Crippen LogP contribution in [-0.4, -0.2) is 30.3 Å². The van der Waals surface area contributed by atoms with Crippen LogP contribution in [0.25, 0.3) is 11.3 Å². The molecule has 0 unspecified atom stereocenters. The molecule has 9 heteroatoms. The van der Waals surface area contributed by atoms with Gasteiger partial charge >= 0.3 is 0 Å². The fraction of sp³-hybridized carbons (Fsp3) is 0.346. The van der Waals surface area contributed by atoms with Gasteiger partial charge in [0.2, 0.25) is 15.9 Å². The smallest absolute Gasteiger partial charge is 0.242 e. The Labute approximate surface area is 205 Å². The number of rotatable bonds is 7. The number of amides is 1. The Hall–Kier alpha value is -3.17. The van der Waals surface area contributed by atoms with E-state index in [1.807, 2.05) is 26.0 Å². The molecule has 2 heterocycles. The number of nitrogens with one attached hydrogen (secondary N) is 2. The summed E-state index contributed by atoms with van der Waals surface area (Å²) in [6, 6.07) is 12.6. The first-order valence-corrected chi connectivity index (χ1v) is 13.2. The third-order valence-corrected chi connectivity index (χ3v) is 7.89. The second kappa shape index (κ2) is 10.6. The highest BCUT2D eigenvalue weighted by atomic mass is 32.2. The standard InChI is InChI=1S/C26H29FN4O3S/c1-17-15-21(13-14-28-17)25-12-11-24(16-29-25)35(33,34)31-23-9-5-20(6-10-23)26(32)30-18(2)19-3-7-22(27)8-4-19/h3-4,7-8,11-16,18,20,23,31H,5-6,9-10H2,1-2H3,(H,30,32)/t18-,20?,23?/m1/s1. The molecule has 1 aliphatic carbocycles. The van der Waals surface area contributed by atoms with Crippen molar-refractivity contribution in [3.05, 3.63) is 78.0 Å². The van der Waals surface area contributed by atoms with Crippen LogP contribution in [0, 0.1) is 18.7 Å². The van der Waals surface area contributed by atoms with Crippen molar-refractivity contribution >= 4 is 15.9 Å². The lowest BCUT2D eigenvalue weighted by Gasteiger charge is -2.29. The van der Waals surface area contributed by atoms with E-state index in [0.717, 1.165) is 16.8 Å². The number of carbonyl (C=O) groups excluding carboxylic acids is 1. The summed E-state index contributed by atoms with van der Waals surface area (Å²) in [6.07, 6.45) is 5.39. The Morgan fingerprint density at radius 3 is 2.37 bits per heavy atom. The van der Waals surface area contributed by atoms with Gasteiger partial charge in [0, 0.05) is 35.6 Å². The molecule has 1 atom stereocenters. The molecule has 1 amide bonds. The minimum Gasteiger partial charge on any atom is -0.349 e. The first-order valence-electron chi connectivity index (χ1n) is 11.7. The van der Waals surface area contributed by atoms with Gasteiger partial charge in [-0.25, -0.2) is 17.5 Å². The number of pyridine rings is 2. The number of nitrogens with zero attached hydrogens (tertiary/aromatic N) is 2. The third kappa shape index (κ3) is 6.29. The molecule has 0 spiro atoms. The number of sulfonamides is 1. The summed E-state index contributed by atoms with van der Waals surface area (Å²) in [7, 11) is -3.72. The van der Waals surface area contributed by atoms with Gasteiger partial charge in [-0.3, -0.25) is 14.8 Å². The Morgan fingerprint density at radius 1 is 1.03 bits per heavy atom. The molecule has 1 aromatic carbocycles. The molecule has 1 fully saturated rings. The van der Waals surface area contributed by atoms with Crippen molar-refractivity contribution in [1.82, 2.24) is 20.0 Å². The van der Waals surface area contributed by atoms with Crippen molar-refractivity contribution in [1.29, 1.82) is 0 Å². The van der Waals surface area contributed by atoms with Gasteiger partial charge in [-0.1, -0.05) is 12.1 Å². The van der Waals surface area contributed by atoms with E-state index in [1.54, 1.807) is 30.5 Å². The Bertz CT molecular complexity index is 1270. The largest absolute Gasteiger partial charge is 0.349 e. The predicted molar refractivity (Wildman–Crippen MR) is 131 cm³/mol. The molecule has 1 aliphatic rings. The van der Waals surface area contributed by atoms with E-state index in [-0.39, 0.29) is 34.6 Å². The van der Waals surface area contributed by atoms with E-state index < -0.39 is 10.0 Å². The molecular formula is C26H29FN4O3S. The zero-order valence-corrected chi connectivity index (χ0v) is 20.6. The fourth-order valence-corrected chi connectivity index (χ4v) is 5.59. The molecular weight excluding hydrogens is 467 g/mol. The van der Waals surface area contributed by atoms with Crippen LogP contribution in [0.4, 0.5) is 4.39 Å². The van der Waals surface area contributed by atoms with E-state index in [9.17, 15) is 17.6 Å². The van der Waals surface area contributed by atoms with Crippen LogP contribution >= 0.6 is 0 Å². The quantitative estimate of drug-likeness (QED) is 0.508. The lowest BCUT2D eigenvalue weighted by Crippen LogP contribution is -2.41. The zero-order chi connectivity index (χ0) is 25.0. The van der Waals surface area contributed by atoms with Gasteiger partial charge in [-0.2, -0.15) is 0 Å². The summed E-state index contributed by atoms with van der Waals surface area (Å²) in [4.78, 5) is 21.3. The molecule has 35 heavy (non-hydrogen) atoms. The highest BCUT2D eigenvalue weighted by Gasteiger charge is 2.30. The average molecular weight is 497 g/mol. The number of aryl methyl sites for hydroxylation is 1. The zero-order valence-electron chi connectivity index (χ0n) is 19.7. The van der Waals surface area contributed by atoms with Crippen molar-refractivity contribution in [2.24, 2.45) is 5.92 Å². The first kappa shape index (κ1) is 24.9. The molecule has 0 bridgehead atoms. The molecule has 0 saturated heterocycles. The van der Waals surface area contributed by atoms with Crippen LogP contribution < -0.4 is 10.0 Å². The number of hydrogen-bond donors (Lipinski definition) is 2. The predicted octanol–water partition coefficient (Wildman–Crippen LogP) is 4.31. The minimum absolute atomic E-state index is 0.0609. The summed E-state index contributed by atoms with van der Waals surface area (Å²) in [5.41, 5.74) is 3.24. The van der Waals surface area contributed by atoms with Crippen LogP contribution in [0.1, 0.15) is 49.9 Å². The Kier molecular flexibility index (Phi) is 7.57. The maximum atomic E-state index is 13.1. The molecule has 184 valence electrons. The van der Waals surface area contributed by atoms with E-state index in [1.165, 1.54) is 18.3 Å². The van der Waals surface area contributed by atoms with Crippen molar-refractivity contribution < 1.29 is 17.6 Å². The molecule has 3 aromatic rings. The summed E-state index contributed by atoms with van der Waals surface area (Å²) in [5.74, 6) is -0.554. The molecule has 0 aliphatic heterocycles. The monoisotopic (exact) mass is 496 g/mol. The van der Waals surface area contributed by atoms with Gasteiger partial charge in [-0.05, 0) is 81.5 Å². The SMILES string of the molecule is Cc1cc(-c2ccc(S(=O)(=O)NC3CCC(C(=O)N[C@H](C)c4ccc(F)cc4)CC3)cn2)ccn1. The topological polar surface area (TPSA) is 101 Å². The molecule has 1 saturated carbocycles. The molecule has 4 rings (SSSR count). The van der Waals surface area contributed by atoms with Gasteiger partial charge in [0.05, 0.1) is 11.7 Å². The van der Waals surface area contributed by atoms with Crippen LogP contribution in [-0.2, 0) is 14.8 Å². The van der Waals surface area contributed by atoms with Crippen molar-refractivity contribution in [2.45, 2.75) is 56.5 Å². The Morgan fingerprint density at radius 2 is 1.74 bits per heavy atom. The van der Waals surface area contributed by atoms with Crippen molar-refractivity contribution in [3.8, 4) is 11.3 Å². The van der Waals surface area contributed by atoms with E-state index in [4.69, 9.17) is 0 Å². The maximum absolute atomic E-state index is 13.1. The molecule has 2 aromatic heterocycles. The first-order chi connectivity index (χ1) is 16.7. The van der Waals surface area contributed by atoms with Crippen molar-refractivity contribution in [3.63, 3.8) is 0 Å². The van der Waals surface area contributed by atoms with Crippen LogP contribution in [0.3, 0.4) is 0 Å². The van der Waals surface area contributed by atoms with Gasteiger partial charge < -0.3 is 5.32 Å². The van der Waals surface area contributed by atoms with Gasteiger partial charge in [0.15, 0.2) is 0 Å². The van der Waals surface area contributed by atoms with Crippen molar-refractivity contribution in [2.75, 3.05) is 0 Å². The van der Waals surface area contributed by atoms with E-state index >= 15 is 0 Å². The van der Waals surface area contributed by atoms with Crippen LogP contribution in [0.15, 0.2) is 65.8 Å². The number of aromatic nitrogens is 2. The highest BCUT2D eigenvalue weighted by Crippen LogP contribution is 2.27. The normalized spacial score (nSPS) is 19.2. The number of halogens is 1. The minimum atomic E-state index is -3.72. The van der Waals surface area contributed by atoms with E-state index in [0.29, 0.717) is 31.4 Å². The molecule has 2 N–H and O–H groups in total. The van der Waals surface area contributed by atoms with Gasteiger partial charge in [0.25, 0.3) is 0 Å².